The van der Waals surface area contributed by atoms with E-state index >= 15 is 0 Å². The van der Waals surface area contributed by atoms with E-state index in [1.54, 1.807) is 11.3 Å². The van der Waals surface area contributed by atoms with E-state index < -0.39 is 0 Å². The van der Waals surface area contributed by atoms with Crippen LogP contribution in [0.3, 0.4) is 0 Å². The Kier molecular flexibility index (Phi) is 11.6. The van der Waals surface area contributed by atoms with Crippen LogP contribution in [0.15, 0.2) is 4.99 Å². The van der Waals surface area contributed by atoms with Crippen LogP contribution in [0.4, 0.5) is 0 Å². The van der Waals surface area contributed by atoms with Gasteiger partial charge in [0.2, 0.25) is 0 Å². The summed E-state index contributed by atoms with van der Waals surface area (Å²) in [6, 6.07) is 0. The lowest BCUT2D eigenvalue weighted by molar-refractivity contribution is 0.774. The molecule has 0 aliphatic heterocycles. The van der Waals surface area contributed by atoms with Crippen LogP contribution < -0.4 is 10.6 Å². The maximum absolute atomic E-state index is 4.53. The molecular weight excluding hydrogens is 403 g/mol. The Balaban J connectivity index is 0.00000361. The van der Waals surface area contributed by atoms with Crippen LogP contribution in [-0.2, 0) is 6.42 Å². The first-order valence-corrected chi connectivity index (χ1v) is 8.74. The number of aliphatic imine (C=N–C) groups is 1. The highest BCUT2D eigenvalue weighted by Crippen LogP contribution is 2.16. The Morgan fingerprint density at radius 3 is 2.55 bits per heavy atom. The van der Waals surface area contributed by atoms with Crippen LogP contribution in [0.1, 0.15) is 22.0 Å². The van der Waals surface area contributed by atoms with Crippen molar-refractivity contribution in [2.24, 2.45) is 4.99 Å². The number of guanidine groups is 1. The highest BCUT2D eigenvalue weighted by atomic mass is 127. The predicted molar refractivity (Wildman–Crippen MR) is 103 cm³/mol. The molecule has 1 rings (SSSR count). The molecule has 2 N–H and O–H groups in total. The summed E-state index contributed by atoms with van der Waals surface area (Å²) in [7, 11) is 1.81. The second-order valence-electron chi connectivity index (χ2n) is 4.27. The van der Waals surface area contributed by atoms with E-state index in [9.17, 15) is 0 Å². The van der Waals surface area contributed by atoms with Gasteiger partial charge in [-0.25, -0.2) is 4.98 Å². The van der Waals surface area contributed by atoms with Gasteiger partial charge in [0.05, 0.1) is 10.7 Å². The molecule has 0 saturated heterocycles. The number of nitrogens with one attached hydrogen (secondary N) is 2. The van der Waals surface area contributed by atoms with Crippen LogP contribution >= 0.6 is 47.1 Å². The summed E-state index contributed by atoms with van der Waals surface area (Å²) in [5, 5.41) is 7.83. The SMILES string of the molecule is CN=C(NCCCSC)NCCc1nc(C)c(C)s1.I. The van der Waals surface area contributed by atoms with E-state index in [-0.39, 0.29) is 24.0 Å². The monoisotopic (exact) mass is 428 g/mol. The molecular formula is C13H25IN4S2. The molecule has 20 heavy (non-hydrogen) atoms. The molecule has 0 radical (unpaired) electrons. The molecule has 1 heterocycles. The molecule has 7 heteroatoms. The fourth-order valence-electron chi connectivity index (χ4n) is 1.58. The molecule has 0 bridgehead atoms. The minimum absolute atomic E-state index is 0. The lowest BCUT2D eigenvalue weighted by Gasteiger charge is -2.10. The summed E-state index contributed by atoms with van der Waals surface area (Å²) in [4.78, 5) is 10.1. The van der Waals surface area contributed by atoms with Crippen LogP contribution in [0.2, 0.25) is 0 Å². The average molecular weight is 428 g/mol. The number of thioether (sulfide) groups is 1. The van der Waals surface area contributed by atoms with Crippen molar-refractivity contribution in [1.29, 1.82) is 0 Å². The van der Waals surface area contributed by atoms with E-state index in [1.165, 1.54) is 15.6 Å². The van der Waals surface area contributed by atoms with Gasteiger partial charge in [0.25, 0.3) is 0 Å². The van der Waals surface area contributed by atoms with Crippen LogP contribution in [0.5, 0.6) is 0 Å². The highest BCUT2D eigenvalue weighted by molar-refractivity contribution is 14.0. The van der Waals surface area contributed by atoms with E-state index in [1.807, 2.05) is 18.8 Å². The molecule has 0 unspecified atom stereocenters. The van der Waals surface area contributed by atoms with Crippen molar-refractivity contribution in [2.75, 3.05) is 32.1 Å². The maximum atomic E-state index is 4.53. The fraction of sp³-hybridized carbons (Fsp3) is 0.692. The molecule has 0 aliphatic carbocycles. The molecule has 0 atom stereocenters. The lowest BCUT2D eigenvalue weighted by Crippen LogP contribution is -2.38. The molecule has 4 nitrogen and oxygen atoms in total. The van der Waals surface area contributed by atoms with E-state index in [0.717, 1.165) is 37.6 Å². The van der Waals surface area contributed by atoms with Gasteiger partial charge >= 0.3 is 0 Å². The second kappa shape index (κ2) is 11.6. The Bertz CT molecular complexity index is 388. The third-order valence-electron chi connectivity index (χ3n) is 2.75. The largest absolute Gasteiger partial charge is 0.356 e. The van der Waals surface area contributed by atoms with Crippen molar-refractivity contribution in [2.45, 2.75) is 26.7 Å². The van der Waals surface area contributed by atoms with Crippen molar-refractivity contribution in [3.8, 4) is 0 Å². The summed E-state index contributed by atoms with van der Waals surface area (Å²) in [6.45, 7) is 6.02. The van der Waals surface area contributed by atoms with Gasteiger partial charge in [0.15, 0.2) is 5.96 Å². The van der Waals surface area contributed by atoms with E-state index in [4.69, 9.17) is 0 Å². The first-order valence-electron chi connectivity index (χ1n) is 6.53. The van der Waals surface area contributed by atoms with Crippen LogP contribution in [0.25, 0.3) is 0 Å². The highest BCUT2D eigenvalue weighted by Gasteiger charge is 2.03. The third-order valence-corrected chi connectivity index (χ3v) is 4.57. The average Bonchev–Trinajstić information content (AvgIpc) is 2.71. The van der Waals surface area contributed by atoms with Crippen molar-refractivity contribution in [1.82, 2.24) is 15.6 Å². The molecule has 0 amide bonds. The summed E-state index contributed by atoms with van der Waals surface area (Å²) in [5.74, 6) is 2.06. The van der Waals surface area contributed by atoms with Gasteiger partial charge in [-0.3, -0.25) is 4.99 Å². The number of aromatic nitrogens is 1. The molecule has 0 fully saturated rings. The van der Waals surface area contributed by atoms with Gasteiger partial charge in [-0.15, -0.1) is 35.3 Å². The van der Waals surface area contributed by atoms with Crippen molar-refractivity contribution < 1.29 is 0 Å². The van der Waals surface area contributed by atoms with Crippen molar-refractivity contribution >= 4 is 53.0 Å². The first-order chi connectivity index (χ1) is 9.17. The van der Waals surface area contributed by atoms with Gasteiger partial charge in [-0.2, -0.15) is 11.8 Å². The number of nitrogens with zero attached hydrogens (tertiary/aromatic N) is 2. The Labute approximate surface area is 147 Å². The molecule has 0 saturated carbocycles. The molecule has 0 spiro atoms. The fourth-order valence-corrected chi connectivity index (χ4v) is 2.94. The number of halogens is 1. The zero-order valence-electron chi connectivity index (χ0n) is 12.7. The molecule has 1 aromatic heterocycles. The van der Waals surface area contributed by atoms with Gasteiger partial charge in [-0.1, -0.05) is 0 Å². The zero-order chi connectivity index (χ0) is 14.1. The molecule has 1 aromatic rings. The van der Waals surface area contributed by atoms with Gasteiger partial charge < -0.3 is 10.6 Å². The second-order valence-corrected chi connectivity index (χ2v) is 6.54. The van der Waals surface area contributed by atoms with Gasteiger partial charge in [0.1, 0.15) is 0 Å². The summed E-state index contributed by atoms with van der Waals surface area (Å²) >= 11 is 3.66. The summed E-state index contributed by atoms with van der Waals surface area (Å²) in [6.07, 6.45) is 4.24. The molecule has 0 aliphatic rings. The third kappa shape index (κ3) is 7.68. The van der Waals surface area contributed by atoms with Crippen LogP contribution in [-0.4, -0.2) is 43.1 Å². The van der Waals surface area contributed by atoms with Crippen molar-refractivity contribution in [3.63, 3.8) is 0 Å². The lowest BCUT2D eigenvalue weighted by atomic mass is 10.4. The standard InChI is InChI=1S/C13H24N4S2.HI/c1-10-11(2)19-12(17-10)6-8-16-13(14-3)15-7-5-9-18-4;/h5-9H2,1-4H3,(H2,14,15,16);1H. The normalized spacial score (nSPS) is 11.1. The van der Waals surface area contributed by atoms with Crippen molar-refractivity contribution in [3.05, 3.63) is 15.6 Å². The Morgan fingerprint density at radius 2 is 2.00 bits per heavy atom. The quantitative estimate of drug-likeness (QED) is 0.304. The summed E-state index contributed by atoms with van der Waals surface area (Å²) in [5.41, 5.74) is 1.15. The van der Waals surface area contributed by atoms with Crippen LogP contribution in [0, 0.1) is 13.8 Å². The van der Waals surface area contributed by atoms with Gasteiger partial charge in [-0.05, 0) is 32.3 Å². The number of hydrogen-bond donors (Lipinski definition) is 2. The molecule has 0 aromatic carbocycles. The minimum atomic E-state index is 0. The molecule has 116 valence electrons. The number of hydrogen-bond acceptors (Lipinski definition) is 4. The van der Waals surface area contributed by atoms with E-state index in [2.05, 4.69) is 40.7 Å². The Morgan fingerprint density at radius 1 is 1.30 bits per heavy atom. The first kappa shape index (κ1) is 20.0. The maximum Gasteiger partial charge on any atom is 0.190 e. The Hall–Kier alpha value is -0.0200. The van der Waals surface area contributed by atoms with E-state index in [0.29, 0.717) is 0 Å². The summed E-state index contributed by atoms with van der Waals surface area (Å²) < 4.78 is 0. The number of rotatable bonds is 7. The predicted octanol–water partition coefficient (Wildman–Crippen LogP) is 2.84. The number of aryl methyl sites for hydroxylation is 2. The smallest absolute Gasteiger partial charge is 0.190 e. The van der Waals surface area contributed by atoms with Gasteiger partial charge in [0, 0.05) is 31.4 Å². The minimum Gasteiger partial charge on any atom is -0.356 e. The number of thiazole rings is 1. The topological polar surface area (TPSA) is 49.3 Å². The zero-order valence-corrected chi connectivity index (χ0v) is 16.6.